The van der Waals surface area contributed by atoms with Crippen LogP contribution in [0.15, 0.2) is 23.9 Å². The molecular weight excluding hydrogens is 269 g/mol. The van der Waals surface area contributed by atoms with Gasteiger partial charge in [0.25, 0.3) is 0 Å². The lowest BCUT2D eigenvalue weighted by molar-refractivity contribution is -0.137. The summed E-state index contributed by atoms with van der Waals surface area (Å²) in [5.41, 5.74) is -0.272. The van der Waals surface area contributed by atoms with E-state index in [0.29, 0.717) is 12.1 Å². The van der Waals surface area contributed by atoms with Gasteiger partial charge in [-0.2, -0.15) is 13.2 Å². The molecule has 1 aromatic rings. The number of hydrogen-bond acceptors (Lipinski definition) is 3. The van der Waals surface area contributed by atoms with Gasteiger partial charge in [0, 0.05) is 12.7 Å². The summed E-state index contributed by atoms with van der Waals surface area (Å²) in [7, 11) is 0. The molecule has 0 aromatic carbocycles. The van der Waals surface area contributed by atoms with Gasteiger partial charge in [0.15, 0.2) is 0 Å². The molecule has 0 saturated heterocycles. The van der Waals surface area contributed by atoms with Gasteiger partial charge in [-0.25, -0.2) is 4.98 Å². The molecule has 1 aliphatic heterocycles. The second kappa shape index (κ2) is 4.44. The molecule has 18 heavy (non-hydrogen) atoms. The first-order valence-corrected chi connectivity index (χ1v) is 5.52. The average Bonchev–Trinajstić information content (AvgIpc) is 2.59. The number of alkyl halides is 3. The van der Waals surface area contributed by atoms with Crippen LogP contribution in [0, 0.1) is 0 Å². The summed E-state index contributed by atoms with van der Waals surface area (Å²) in [5.74, 6) is 0.0484. The van der Waals surface area contributed by atoms with Crippen LogP contribution in [0.3, 0.4) is 0 Å². The average molecular weight is 279 g/mol. The largest absolute Gasteiger partial charge is 0.418 e. The fraction of sp³-hybridized carbons (Fsp3) is 0.364. The maximum Gasteiger partial charge on any atom is 0.418 e. The lowest BCUT2D eigenvalue weighted by Gasteiger charge is -2.23. The third-order valence-corrected chi connectivity index (χ3v) is 3.05. The van der Waals surface area contributed by atoms with Gasteiger partial charge < -0.3 is 10.0 Å². The summed E-state index contributed by atoms with van der Waals surface area (Å²) in [6.45, 7) is 2.02. The Balaban J connectivity index is 2.37. The standard InChI is InChI=1S/C11H10ClF3N2O/c1-6-2-3-17(10(6)18)9-4-7(11(13,14)15)8(12)5-16-9/h2,4-5,10,18H,3H2,1H3. The summed E-state index contributed by atoms with van der Waals surface area (Å²) in [4.78, 5) is 5.18. The Labute approximate surface area is 106 Å². The van der Waals surface area contributed by atoms with Gasteiger partial charge in [-0.05, 0) is 18.6 Å². The Morgan fingerprint density at radius 2 is 2.17 bits per heavy atom. The van der Waals surface area contributed by atoms with Crippen molar-refractivity contribution in [2.75, 3.05) is 11.4 Å². The van der Waals surface area contributed by atoms with Crippen molar-refractivity contribution in [3.63, 3.8) is 0 Å². The summed E-state index contributed by atoms with van der Waals surface area (Å²) in [6, 6.07) is 0.845. The molecule has 0 spiro atoms. The summed E-state index contributed by atoms with van der Waals surface area (Å²) >= 11 is 5.48. The number of aliphatic hydroxyl groups excluding tert-OH is 1. The molecule has 1 aromatic heterocycles. The van der Waals surface area contributed by atoms with E-state index in [1.807, 2.05) is 0 Å². The second-order valence-electron chi connectivity index (χ2n) is 3.99. The molecule has 2 rings (SSSR count). The maximum absolute atomic E-state index is 12.7. The van der Waals surface area contributed by atoms with Crippen molar-refractivity contribution in [3.05, 3.63) is 34.5 Å². The molecule has 0 aliphatic carbocycles. The normalized spacial score (nSPS) is 20.2. The smallest absolute Gasteiger partial charge is 0.370 e. The van der Waals surface area contributed by atoms with Gasteiger partial charge in [0.2, 0.25) is 0 Å². The molecule has 98 valence electrons. The molecule has 1 atom stereocenters. The number of pyridine rings is 1. The molecule has 0 bridgehead atoms. The molecule has 1 unspecified atom stereocenters. The van der Waals surface area contributed by atoms with Crippen LogP contribution in [-0.4, -0.2) is 22.9 Å². The Morgan fingerprint density at radius 3 is 2.67 bits per heavy atom. The van der Waals surface area contributed by atoms with Crippen molar-refractivity contribution >= 4 is 17.4 Å². The number of aliphatic hydroxyl groups is 1. The predicted molar refractivity (Wildman–Crippen MR) is 61.4 cm³/mol. The molecule has 2 heterocycles. The van der Waals surface area contributed by atoms with Crippen molar-refractivity contribution in [1.29, 1.82) is 0 Å². The Morgan fingerprint density at radius 1 is 1.50 bits per heavy atom. The third-order valence-electron chi connectivity index (χ3n) is 2.75. The van der Waals surface area contributed by atoms with Crippen LogP contribution in [0.4, 0.5) is 19.0 Å². The van der Waals surface area contributed by atoms with Crippen molar-refractivity contribution in [3.8, 4) is 0 Å². The van der Waals surface area contributed by atoms with Crippen LogP contribution in [0.1, 0.15) is 12.5 Å². The molecule has 0 saturated carbocycles. The Bertz CT molecular complexity index is 502. The van der Waals surface area contributed by atoms with Crippen LogP contribution in [0.2, 0.25) is 5.02 Å². The highest BCUT2D eigenvalue weighted by molar-refractivity contribution is 6.31. The first-order chi connectivity index (χ1) is 8.30. The lowest BCUT2D eigenvalue weighted by Crippen LogP contribution is -2.32. The summed E-state index contributed by atoms with van der Waals surface area (Å²) in [6.07, 6.45) is -2.81. The van der Waals surface area contributed by atoms with E-state index in [2.05, 4.69) is 4.98 Å². The van der Waals surface area contributed by atoms with E-state index >= 15 is 0 Å². The summed E-state index contributed by atoms with van der Waals surface area (Å²) in [5, 5.41) is 9.32. The van der Waals surface area contributed by atoms with E-state index in [1.165, 1.54) is 4.90 Å². The van der Waals surface area contributed by atoms with Gasteiger partial charge >= 0.3 is 6.18 Å². The first-order valence-electron chi connectivity index (χ1n) is 5.15. The fourth-order valence-corrected chi connectivity index (χ4v) is 1.92. The second-order valence-corrected chi connectivity index (χ2v) is 4.40. The SMILES string of the molecule is CC1=CCN(c2cc(C(F)(F)F)c(Cl)cn2)C1O. The van der Waals surface area contributed by atoms with Gasteiger partial charge in [-0.3, -0.25) is 0 Å². The van der Waals surface area contributed by atoms with Gasteiger partial charge in [0.05, 0.1) is 10.6 Å². The minimum atomic E-state index is -4.54. The molecule has 1 aliphatic rings. The number of nitrogens with zero attached hydrogens (tertiary/aromatic N) is 2. The topological polar surface area (TPSA) is 36.4 Å². The van der Waals surface area contributed by atoms with Crippen LogP contribution in [0.5, 0.6) is 0 Å². The highest BCUT2D eigenvalue weighted by Crippen LogP contribution is 2.36. The van der Waals surface area contributed by atoms with Crippen LogP contribution < -0.4 is 4.90 Å². The van der Waals surface area contributed by atoms with Crippen molar-refractivity contribution in [1.82, 2.24) is 4.98 Å². The first kappa shape index (κ1) is 13.2. The highest BCUT2D eigenvalue weighted by Gasteiger charge is 2.35. The van der Waals surface area contributed by atoms with Gasteiger partial charge in [-0.15, -0.1) is 0 Å². The molecule has 0 fully saturated rings. The van der Waals surface area contributed by atoms with Crippen molar-refractivity contribution in [2.45, 2.75) is 19.3 Å². The zero-order chi connectivity index (χ0) is 13.5. The third kappa shape index (κ3) is 2.30. The van der Waals surface area contributed by atoms with Crippen molar-refractivity contribution in [2.24, 2.45) is 0 Å². The Hall–Kier alpha value is -1.27. The van der Waals surface area contributed by atoms with E-state index in [9.17, 15) is 18.3 Å². The molecule has 1 N–H and O–H groups in total. The fourth-order valence-electron chi connectivity index (χ4n) is 1.71. The molecule has 7 heteroatoms. The van der Waals surface area contributed by atoms with E-state index in [1.54, 1.807) is 13.0 Å². The molecule has 0 amide bonds. The predicted octanol–water partition coefficient (Wildman–Crippen LogP) is 2.84. The minimum Gasteiger partial charge on any atom is -0.370 e. The molecular formula is C11H10ClF3N2O. The number of halogens is 4. The van der Waals surface area contributed by atoms with E-state index < -0.39 is 23.0 Å². The van der Waals surface area contributed by atoms with E-state index in [-0.39, 0.29) is 5.82 Å². The lowest BCUT2D eigenvalue weighted by atomic mass is 10.2. The van der Waals surface area contributed by atoms with Gasteiger partial charge in [0.1, 0.15) is 12.0 Å². The zero-order valence-electron chi connectivity index (χ0n) is 9.37. The number of anilines is 1. The van der Waals surface area contributed by atoms with Crippen LogP contribution in [0.25, 0.3) is 0 Å². The molecule has 3 nitrogen and oxygen atoms in total. The number of rotatable bonds is 1. The molecule has 0 radical (unpaired) electrons. The minimum absolute atomic E-state index is 0.0484. The zero-order valence-corrected chi connectivity index (χ0v) is 10.1. The van der Waals surface area contributed by atoms with Gasteiger partial charge in [-0.1, -0.05) is 17.7 Å². The van der Waals surface area contributed by atoms with E-state index in [0.717, 1.165) is 12.3 Å². The highest BCUT2D eigenvalue weighted by atomic mass is 35.5. The quantitative estimate of drug-likeness (QED) is 0.803. The summed E-state index contributed by atoms with van der Waals surface area (Å²) < 4.78 is 38.0. The van der Waals surface area contributed by atoms with Crippen LogP contribution in [-0.2, 0) is 6.18 Å². The maximum atomic E-state index is 12.7. The monoisotopic (exact) mass is 278 g/mol. The number of hydrogen-bond donors (Lipinski definition) is 1. The van der Waals surface area contributed by atoms with Crippen molar-refractivity contribution < 1.29 is 18.3 Å². The van der Waals surface area contributed by atoms with E-state index in [4.69, 9.17) is 11.6 Å². The van der Waals surface area contributed by atoms with Crippen LogP contribution >= 0.6 is 11.6 Å². The number of aromatic nitrogens is 1. The Kier molecular flexibility index (Phi) is 3.25.